The lowest BCUT2D eigenvalue weighted by atomic mass is 10.0. The van der Waals surface area contributed by atoms with Gasteiger partial charge in [0, 0.05) is 30.1 Å². The molecule has 3 aliphatic rings. The van der Waals surface area contributed by atoms with Crippen LogP contribution in [0.5, 0.6) is 0 Å². The average Bonchev–Trinajstić information content (AvgIpc) is 3.06. The third-order valence-corrected chi connectivity index (χ3v) is 4.28. The van der Waals surface area contributed by atoms with Gasteiger partial charge in [-0.1, -0.05) is 42.5 Å². The number of amidine groups is 1. The molecule has 3 nitrogen and oxygen atoms in total. The molecule has 0 spiro atoms. The second-order valence-corrected chi connectivity index (χ2v) is 5.40. The molecule has 1 atom stereocenters. The van der Waals surface area contributed by atoms with E-state index in [1.807, 2.05) is 6.07 Å². The Morgan fingerprint density at radius 1 is 0.950 bits per heavy atom. The third-order valence-electron chi connectivity index (χ3n) is 4.28. The lowest BCUT2D eigenvalue weighted by molar-refractivity contribution is 0.232. The minimum absolute atomic E-state index is 0.300. The van der Waals surface area contributed by atoms with Gasteiger partial charge in [-0.3, -0.25) is 0 Å². The zero-order valence-electron chi connectivity index (χ0n) is 10.9. The van der Waals surface area contributed by atoms with E-state index in [1.165, 1.54) is 16.7 Å². The molecule has 0 aromatic heterocycles. The van der Waals surface area contributed by atoms with Gasteiger partial charge in [-0.15, -0.1) is 0 Å². The van der Waals surface area contributed by atoms with Gasteiger partial charge in [-0.05, 0) is 11.6 Å². The summed E-state index contributed by atoms with van der Waals surface area (Å²) < 4.78 is 0. The van der Waals surface area contributed by atoms with E-state index >= 15 is 0 Å². The summed E-state index contributed by atoms with van der Waals surface area (Å²) in [5.74, 6) is 1.04. The molecular formula is C17H13N3. The largest absolute Gasteiger partial charge is 0.348 e. The molecule has 5 rings (SSSR count). The summed E-state index contributed by atoms with van der Waals surface area (Å²) in [5.41, 5.74) is 5.06. The average molecular weight is 259 g/mol. The fraction of sp³-hybridized carbons (Fsp3) is 0.118. The van der Waals surface area contributed by atoms with Crippen LogP contribution in [0.4, 0.5) is 5.69 Å². The summed E-state index contributed by atoms with van der Waals surface area (Å²) in [6, 6.07) is 16.9. The van der Waals surface area contributed by atoms with Crippen LogP contribution in [0.15, 0.2) is 65.9 Å². The number of benzene rings is 2. The molecule has 0 amide bonds. The van der Waals surface area contributed by atoms with Crippen LogP contribution in [0.1, 0.15) is 22.9 Å². The summed E-state index contributed by atoms with van der Waals surface area (Å²) in [5, 5.41) is 0. The van der Waals surface area contributed by atoms with Crippen LogP contribution >= 0.6 is 0 Å². The van der Waals surface area contributed by atoms with E-state index in [9.17, 15) is 0 Å². The predicted molar refractivity (Wildman–Crippen MR) is 78.3 cm³/mol. The van der Waals surface area contributed by atoms with Crippen molar-refractivity contribution in [2.75, 3.05) is 0 Å². The van der Waals surface area contributed by atoms with Crippen molar-refractivity contribution in [3.8, 4) is 0 Å². The Balaban J connectivity index is 1.77. The van der Waals surface area contributed by atoms with Crippen LogP contribution in [-0.2, 0) is 6.54 Å². The minimum Gasteiger partial charge on any atom is -0.348 e. The molecule has 0 saturated carbocycles. The van der Waals surface area contributed by atoms with Gasteiger partial charge in [-0.2, -0.15) is 0 Å². The molecule has 1 unspecified atom stereocenters. The van der Waals surface area contributed by atoms with Crippen molar-refractivity contribution in [2.24, 2.45) is 4.99 Å². The SMILES string of the molecule is C1=CN2C(c3ccccc3)=Nc3cccc4c3C2N1C4. The topological polar surface area (TPSA) is 18.8 Å². The molecule has 20 heavy (non-hydrogen) atoms. The molecule has 96 valence electrons. The molecule has 0 radical (unpaired) electrons. The van der Waals surface area contributed by atoms with E-state index in [-0.39, 0.29) is 0 Å². The van der Waals surface area contributed by atoms with Gasteiger partial charge in [0.15, 0.2) is 0 Å². The number of aliphatic imine (C=N–C) groups is 1. The highest BCUT2D eigenvalue weighted by Gasteiger charge is 2.41. The van der Waals surface area contributed by atoms with Gasteiger partial charge in [0.25, 0.3) is 0 Å². The quantitative estimate of drug-likeness (QED) is 0.782. The number of hydrogen-bond acceptors (Lipinski definition) is 3. The lowest BCUT2D eigenvalue weighted by Gasteiger charge is -2.32. The van der Waals surface area contributed by atoms with E-state index in [1.54, 1.807) is 0 Å². The molecule has 2 aromatic rings. The first-order chi connectivity index (χ1) is 9.92. The van der Waals surface area contributed by atoms with Crippen molar-refractivity contribution in [1.29, 1.82) is 0 Å². The van der Waals surface area contributed by atoms with E-state index in [0.717, 1.165) is 18.1 Å². The van der Waals surface area contributed by atoms with Gasteiger partial charge >= 0.3 is 0 Å². The van der Waals surface area contributed by atoms with Crippen LogP contribution < -0.4 is 0 Å². The zero-order chi connectivity index (χ0) is 13.1. The Labute approximate surface area is 117 Å². The van der Waals surface area contributed by atoms with Crippen LogP contribution in [0.3, 0.4) is 0 Å². The summed E-state index contributed by atoms with van der Waals surface area (Å²) in [6.07, 6.45) is 4.63. The normalized spacial score (nSPS) is 21.2. The summed E-state index contributed by atoms with van der Waals surface area (Å²) in [6.45, 7) is 0.985. The molecule has 0 bridgehead atoms. The fourth-order valence-corrected chi connectivity index (χ4v) is 3.41. The van der Waals surface area contributed by atoms with Crippen molar-refractivity contribution in [2.45, 2.75) is 12.7 Å². The summed E-state index contributed by atoms with van der Waals surface area (Å²) in [4.78, 5) is 9.58. The Morgan fingerprint density at radius 3 is 2.75 bits per heavy atom. The van der Waals surface area contributed by atoms with E-state index in [0.29, 0.717) is 6.17 Å². The highest BCUT2D eigenvalue weighted by atomic mass is 15.4. The van der Waals surface area contributed by atoms with Crippen LogP contribution in [-0.4, -0.2) is 15.6 Å². The second kappa shape index (κ2) is 3.51. The number of hydrogen-bond donors (Lipinski definition) is 0. The predicted octanol–water partition coefficient (Wildman–Crippen LogP) is 3.38. The van der Waals surface area contributed by atoms with Crippen molar-refractivity contribution in [1.82, 2.24) is 9.80 Å². The highest BCUT2D eigenvalue weighted by molar-refractivity contribution is 6.02. The van der Waals surface area contributed by atoms with Crippen molar-refractivity contribution in [3.63, 3.8) is 0 Å². The maximum atomic E-state index is 4.91. The Hall–Kier alpha value is -2.55. The first-order valence-corrected chi connectivity index (χ1v) is 6.90. The minimum atomic E-state index is 0.300. The summed E-state index contributed by atoms with van der Waals surface area (Å²) in [7, 11) is 0. The van der Waals surface area contributed by atoms with Crippen LogP contribution in [0.2, 0.25) is 0 Å². The maximum Gasteiger partial charge on any atom is 0.142 e. The van der Waals surface area contributed by atoms with Crippen molar-refractivity contribution in [3.05, 3.63) is 77.6 Å². The first-order valence-electron chi connectivity index (χ1n) is 6.90. The number of nitrogens with zero attached hydrogens (tertiary/aromatic N) is 3. The van der Waals surface area contributed by atoms with Crippen molar-refractivity contribution >= 4 is 11.5 Å². The van der Waals surface area contributed by atoms with Gasteiger partial charge in [0.2, 0.25) is 0 Å². The van der Waals surface area contributed by atoms with Crippen molar-refractivity contribution < 1.29 is 0 Å². The van der Waals surface area contributed by atoms with Gasteiger partial charge < -0.3 is 9.80 Å². The Morgan fingerprint density at radius 2 is 1.85 bits per heavy atom. The molecule has 0 fully saturated rings. The Kier molecular flexibility index (Phi) is 1.80. The lowest BCUT2D eigenvalue weighted by Crippen LogP contribution is -2.33. The van der Waals surface area contributed by atoms with Gasteiger partial charge in [-0.25, -0.2) is 4.99 Å². The first kappa shape index (κ1) is 10.3. The smallest absolute Gasteiger partial charge is 0.142 e. The highest BCUT2D eigenvalue weighted by Crippen LogP contribution is 2.48. The molecule has 0 aliphatic carbocycles. The van der Waals surface area contributed by atoms with E-state index in [4.69, 9.17) is 4.99 Å². The molecule has 3 aliphatic heterocycles. The van der Waals surface area contributed by atoms with Crippen LogP contribution in [0.25, 0.3) is 0 Å². The van der Waals surface area contributed by atoms with E-state index < -0.39 is 0 Å². The molecule has 0 saturated heterocycles. The zero-order valence-corrected chi connectivity index (χ0v) is 10.9. The van der Waals surface area contributed by atoms with Gasteiger partial charge in [0.05, 0.1) is 5.69 Å². The Bertz CT molecular complexity index is 761. The fourth-order valence-electron chi connectivity index (χ4n) is 3.41. The third kappa shape index (κ3) is 1.17. The standard InChI is InChI=1S/C17H13N3/c1-2-5-12(6-3-1)16-18-14-8-4-7-13-11-19-9-10-20(16)17(19)15(13)14/h1-10,17H,11H2. The maximum absolute atomic E-state index is 4.91. The molecule has 2 aromatic carbocycles. The monoisotopic (exact) mass is 259 g/mol. The molecule has 3 heteroatoms. The van der Waals surface area contributed by atoms with Gasteiger partial charge in [0.1, 0.15) is 12.0 Å². The number of rotatable bonds is 1. The summed E-state index contributed by atoms with van der Waals surface area (Å²) >= 11 is 0. The van der Waals surface area contributed by atoms with E-state index in [2.05, 4.69) is 64.7 Å². The second-order valence-electron chi connectivity index (χ2n) is 5.40. The molecule has 3 heterocycles. The molecular weight excluding hydrogens is 246 g/mol. The molecule has 0 N–H and O–H groups in total. The van der Waals surface area contributed by atoms with Crippen LogP contribution in [0, 0.1) is 0 Å².